The Balaban J connectivity index is 0.00000288. The SMILES string of the molecule is CCCN(C(=O)c1coc(CN)c1)C(C)c1ccc(Cl)c(Cl)c1.Cl. The smallest absolute Gasteiger partial charge is 0.257 e. The van der Waals surface area contributed by atoms with Crippen LogP contribution in [0.4, 0.5) is 0 Å². The van der Waals surface area contributed by atoms with Gasteiger partial charge >= 0.3 is 0 Å². The van der Waals surface area contributed by atoms with E-state index in [2.05, 4.69) is 0 Å². The third-order valence-electron chi connectivity index (χ3n) is 3.72. The molecule has 0 radical (unpaired) electrons. The standard InChI is InChI=1S/C17H20Cl2N2O2.ClH/c1-3-6-21(17(22)13-7-14(9-20)23-10-13)11(2)12-4-5-15(18)16(19)8-12;/h4-5,7-8,10-11H,3,6,9,20H2,1-2H3;1H. The molecule has 1 atom stereocenters. The van der Waals surface area contributed by atoms with Crippen LogP contribution in [0.2, 0.25) is 10.0 Å². The second-order valence-electron chi connectivity index (χ2n) is 5.35. The molecule has 0 saturated heterocycles. The van der Waals surface area contributed by atoms with Gasteiger partial charge in [0.25, 0.3) is 5.91 Å². The Bertz CT molecular complexity index is 688. The molecule has 1 amide bonds. The van der Waals surface area contributed by atoms with Crippen molar-refractivity contribution in [2.24, 2.45) is 5.73 Å². The molecule has 4 nitrogen and oxygen atoms in total. The van der Waals surface area contributed by atoms with E-state index in [1.807, 2.05) is 19.9 Å². The molecule has 0 aliphatic carbocycles. The van der Waals surface area contributed by atoms with Crippen LogP contribution in [0.5, 0.6) is 0 Å². The molecule has 24 heavy (non-hydrogen) atoms. The van der Waals surface area contributed by atoms with Crippen LogP contribution < -0.4 is 5.73 Å². The number of nitrogens with zero attached hydrogens (tertiary/aromatic N) is 1. The van der Waals surface area contributed by atoms with Crippen LogP contribution in [-0.4, -0.2) is 17.4 Å². The Kier molecular flexibility index (Phi) is 8.10. The number of carbonyl (C=O) groups excluding carboxylic acids is 1. The van der Waals surface area contributed by atoms with Crippen LogP contribution in [0.25, 0.3) is 0 Å². The predicted molar refractivity (Wildman–Crippen MR) is 100 cm³/mol. The maximum absolute atomic E-state index is 12.8. The second-order valence-corrected chi connectivity index (χ2v) is 6.17. The summed E-state index contributed by atoms with van der Waals surface area (Å²) in [6.07, 6.45) is 2.30. The van der Waals surface area contributed by atoms with Gasteiger partial charge in [-0.3, -0.25) is 4.79 Å². The number of furan rings is 1. The Morgan fingerprint density at radius 1 is 1.29 bits per heavy atom. The van der Waals surface area contributed by atoms with E-state index in [0.717, 1.165) is 12.0 Å². The largest absolute Gasteiger partial charge is 0.467 e. The van der Waals surface area contributed by atoms with Gasteiger partial charge in [-0.1, -0.05) is 36.2 Å². The molecule has 2 rings (SSSR count). The average molecular weight is 392 g/mol. The molecule has 1 aromatic heterocycles. The number of amides is 1. The maximum Gasteiger partial charge on any atom is 0.257 e. The summed E-state index contributed by atoms with van der Waals surface area (Å²) in [5.41, 5.74) is 6.97. The normalized spacial score (nSPS) is 11.7. The Morgan fingerprint density at radius 2 is 2.00 bits per heavy atom. The summed E-state index contributed by atoms with van der Waals surface area (Å²) >= 11 is 12.1. The highest BCUT2D eigenvalue weighted by Gasteiger charge is 2.24. The number of carbonyl (C=O) groups is 1. The van der Waals surface area contributed by atoms with Crippen molar-refractivity contribution in [3.63, 3.8) is 0 Å². The van der Waals surface area contributed by atoms with Gasteiger partial charge in [0, 0.05) is 6.54 Å². The summed E-state index contributed by atoms with van der Waals surface area (Å²) in [5, 5.41) is 0.979. The van der Waals surface area contributed by atoms with Crippen molar-refractivity contribution < 1.29 is 9.21 Å². The molecule has 2 N–H and O–H groups in total. The fraction of sp³-hybridized carbons (Fsp3) is 0.353. The molecule has 0 aliphatic heterocycles. The zero-order valence-electron chi connectivity index (χ0n) is 13.6. The summed E-state index contributed by atoms with van der Waals surface area (Å²) in [6, 6.07) is 6.98. The van der Waals surface area contributed by atoms with Crippen molar-refractivity contribution >= 4 is 41.5 Å². The van der Waals surface area contributed by atoms with Crippen molar-refractivity contribution in [3.8, 4) is 0 Å². The van der Waals surface area contributed by atoms with Crippen LogP contribution in [0.3, 0.4) is 0 Å². The van der Waals surface area contributed by atoms with Crippen LogP contribution in [0, 0.1) is 0 Å². The minimum atomic E-state index is -0.131. The van der Waals surface area contributed by atoms with Crippen LogP contribution >= 0.6 is 35.6 Å². The fourth-order valence-corrected chi connectivity index (χ4v) is 2.74. The Hall–Kier alpha value is -1.20. The third kappa shape index (κ3) is 4.67. The number of nitrogens with two attached hydrogens (primary N) is 1. The van der Waals surface area contributed by atoms with Crippen molar-refractivity contribution in [1.29, 1.82) is 0 Å². The highest BCUT2D eigenvalue weighted by Crippen LogP contribution is 2.29. The van der Waals surface area contributed by atoms with Crippen molar-refractivity contribution in [3.05, 3.63) is 57.5 Å². The number of rotatable bonds is 6. The highest BCUT2D eigenvalue weighted by molar-refractivity contribution is 6.42. The first-order valence-electron chi connectivity index (χ1n) is 7.51. The van der Waals surface area contributed by atoms with E-state index in [9.17, 15) is 4.79 Å². The summed E-state index contributed by atoms with van der Waals surface area (Å²) < 4.78 is 5.27. The first-order valence-corrected chi connectivity index (χ1v) is 8.26. The summed E-state index contributed by atoms with van der Waals surface area (Å²) in [7, 11) is 0. The van der Waals surface area contributed by atoms with Crippen molar-refractivity contribution in [2.45, 2.75) is 32.9 Å². The minimum absolute atomic E-state index is 0. The maximum atomic E-state index is 12.8. The zero-order chi connectivity index (χ0) is 17.0. The van der Waals surface area contributed by atoms with Crippen LogP contribution in [0.1, 0.15) is 48.0 Å². The zero-order valence-corrected chi connectivity index (χ0v) is 15.9. The lowest BCUT2D eigenvalue weighted by atomic mass is 10.1. The Morgan fingerprint density at radius 3 is 2.54 bits per heavy atom. The molecule has 0 aliphatic rings. The van der Waals surface area contributed by atoms with E-state index >= 15 is 0 Å². The monoisotopic (exact) mass is 390 g/mol. The predicted octanol–water partition coefficient (Wildman–Crippen LogP) is 5.08. The molecule has 2 aromatic rings. The molecule has 1 heterocycles. The van der Waals surface area contributed by atoms with Gasteiger partial charge in [-0.15, -0.1) is 12.4 Å². The summed E-state index contributed by atoms with van der Waals surface area (Å²) in [4.78, 5) is 14.6. The molecule has 0 fully saturated rings. The van der Waals surface area contributed by atoms with E-state index in [0.29, 0.717) is 27.9 Å². The number of hydrogen-bond donors (Lipinski definition) is 1. The molecule has 0 spiro atoms. The van der Waals surface area contributed by atoms with Gasteiger partial charge in [-0.2, -0.15) is 0 Å². The molecule has 7 heteroatoms. The van der Waals surface area contributed by atoms with Crippen LogP contribution in [-0.2, 0) is 6.54 Å². The average Bonchev–Trinajstić information content (AvgIpc) is 3.03. The number of halogens is 3. The van der Waals surface area contributed by atoms with Gasteiger partial charge in [0.15, 0.2) is 0 Å². The topological polar surface area (TPSA) is 59.5 Å². The fourth-order valence-electron chi connectivity index (χ4n) is 2.43. The van der Waals surface area contributed by atoms with E-state index in [1.54, 1.807) is 23.1 Å². The quantitative estimate of drug-likeness (QED) is 0.747. The lowest BCUT2D eigenvalue weighted by Gasteiger charge is -2.29. The van der Waals surface area contributed by atoms with Crippen molar-refractivity contribution in [2.75, 3.05) is 6.54 Å². The first kappa shape index (κ1) is 20.8. The molecular formula is C17H21Cl3N2O2. The minimum Gasteiger partial charge on any atom is -0.467 e. The highest BCUT2D eigenvalue weighted by atomic mass is 35.5. The van der Waals surface area contributed by atoms with Gasteiger partial charge in [-0.25, -0.2) is 0 Å². The molecule has 1 unspecified atom stereocenters. The Labute approximate surface area is 158 Å². The third-order valence-corrected chi connectivity index (χ3v) is 4.46. The lowest BCUT2D eigenvalue weighted by molar-refractivity contribution is 0.0690. The molecule has 0 bridgehead atoms. The van der Waals surface area contributed by atoms with Crippen LogP contribution in [0.15, 0.2) is 34.9 Å². The summed E-state index contributed by atoms with van der Waals surface area (Å²) in [6.45, 7) is 4.90. The van der Waals surface area contributed by atoms with E-state index in [-0.39, 0.29) is 30.9 Å². The molecular weight excluding hydrogens is 371 g/mol. The van der Waals surface area contributed by atoms with Gasteiger partial charge in [0.1, 0.15) is 12.0 Å². The van der Waals surface area contributed by atoms with Gasteiger partial charge in [0.2, 0.25) is 0 Å². The molecule has 1 aromatic carbocycles. The number of benzene rings is 1. The van der Waals surface area contributed by atoms with Crippen molar-refractivity contribution in [1.82, 2.24) is 4.90 Å². The second kappa shape index (κ2) is 9.33. The number of hydrogen-bond acceptors (Lipinski definition) is 3. The van der Waals surface area contributed by atoms with Gasteiger partial charge < -0.3 is 15.1 Å². The molecule has 132 valence electrons. The van der Waals surface area contributed by atoms with E-state index in [4.69, 9.17) is 33.4 Å². The lowest BCUT2D eigenvalue weighted by Crippen LogP contribution is -2.34. The van der Waals surface area contributed by atoms with E-state index < -0.39 is 0 Å². The van der Waals surface area contributed by atoms with E-state index in [1.165, 1.54) is 6.26 Å². The molecule has 0 saturated carbocycles. The first-order chi connectivity index (χ1) is 11.0. The van der Waals surface area contributed by atoms with Gasteiger partial charge in [0.05, 0.1) is 28.2 Å². The summed E-state index contributed by atoms with van der Waals surface area (Å²) in [5.74, 6) is 0.501. The van der Waals surface area contributed by atoms with Gasteiger partial charge in [-0.05, 0) is 37.1 Å².